The molecule has 2 heteroatoms. The molecule has 64 valence electrons. The van der Waals surface area contributed by atoms with Crippen LogP contribution in [0.2, 0.25) is 0 Å². The molecule has 1 unspecified atom stereocenters. The third-order valence-corrected chi connectivity index (χ3v) is 2.44. The Morgan fingerprint density at radius 1 is 1.55 bits per heavy atom. The molecule has 0 saturated heterocycles. The molecule has 1 rings (SSSR count). The van der Waals surface area contributed by atoms with E-state index >= 15 is 0 Å². The molecule has 0 aromatic carbocycles. The zero-order valence-corrected chi connectivity index (χ0v) is 7.96. The van der Waals surface area contributed by atoms with E-state index in [9.17, 15) is 0 Å². The van der Waals surface area contributed by atoms with Crippen molar-refractivity contribution in [2.24, 2.45) is 0 Å². The lowest BCUT2D eigenvalue weighted by atomic mass is 10.1. The summed E-state index contributed by atoms with van der Waals surface area (Å²) < 4.78 is 0. The van der Waals surface area contributed by atoms with Gasteiger partial charge in [-0.15, -0.1) is 0 Å². The molecule has 11 heavy (non-hydrogen) atoms. The lowest BCUT2D eigenvalue weighted by molar-refractivity contribution is 0.171. The summed E-state index contributed by atoms with van der Waals surface area (Å²) in [4.78, 5) is 4.59. The Balaban J connectivity index is 2.72. The van der Waals surface area contributed by atoms with E-state index in [-0.39, 0.29) is 0 Å². The second kappa shape index (κ2) is 3.26. The summed E-state index contributed by atoms with van der Waals surface area (Å²) in [5.41, 5.74) is 1.53. The van der Waals surface area contributed by atoms with Crippen LogP contribution in [-0.4, -0.2) is 36.6 Å². The molecule has 1 heterocycles. The van der Waals surface area contributed by atoms with Gasteiger partial charge in [0.1, 0.15) is 0 Å². The molecule has 0 aromatic rings. The van der Waals surface area contributed by atoms with Crippen molar-refractivity contribution in [1.29, 1.82) is 0 Å². The standard InChI is InChI=1S/C9H18N2/c1-5-9-6-10(3)7-11(4)8(9)2/h6,8H,5,7H2,1-4H3. The van der Waals surface area contributed by atoms with E-state index in [1.807, 2.05) is 0 Å². The number of likely N-dealkylation sites (N-methyl/N-ethyl adjacent to an activating group) is 1. The van der Waals surface area contributed by atoms with Crippen molar-refractivity contribution < 1.29 is 0 Å². The first kappa shape index (κ1) is 8.60. The van der Waals surface area contributed by atoms with E-state index in [4.69, 9.17) is 0 Å². The van der Waals surface area contributed by atoms with E-state index in [0.717, 1.165) is 13.1 Å². The summed E-state index contributed by atoms with van der Waals surface area (Å²) in [6.07, 6.45) is 3.43. The summed E-state index contributed by atoms with van der Waals surface area (Å²) in [7, 11) is 4.29. The van der Waals surface area contributed by atoms with E-state index in [1.54, 1.807) is 0 Å². The van der Waals surface area contributed by atoms with Crippen molar-refractivity contribution in [2.45, 2.75) is 26.3 Å². The summed E-state index contributed by atoms with van der Waals surface area (Å²) >= 11 is 0. The lowest BCUT2D eigenvalue weighted by Crippen LogP contribution is -2.41. The predicted molar refractivity (Wildman–Crippen MR) is 48.2 cm³/mol. The molecule has 0 fully saturated rings. The molecule has 1 aliphatic heterocycles. The van der Waals surface area contributed by atoms with Crippen LogP contribution in [-0.2, 0) is 0 Å². The highest BCUT2D eigenvalue weighted by atomic mass is 15.3. The van der Waals surface area contributed by atoms with Crippen LogP contribution in [0.15, 0.2) is 11.8 Å². The highest BCUT2D eigenvalue weighted by molar-refractivity contribution is 5.11. The maximum absolute atomic E-state index is 2.36. The van der Waals surface area contributed by atoms with Gasteiger partial charge in [0.25, 0.3) is 0 Å². The first-order chi connectivity index (χ1) is 5.15. The van der Waals surface area contributed by atoms with E-state index in [2.05, 4.69) is 43.9 Å². The molecule has 0 aliphatic carbocycles. The number of hydrogen-bond acceptors (Lipinski definition) is 2. The predicted octanol–water partition coefficient (Wildman–Crippen LogP) is 1.50. The van der Waals surface area contributed by atoms with Gasteiger partial charge < -0.3 is 4.90 Å². The Morgan fingerprint density at radius 3 is 2.73 bits per heavy atom. The largest absolute Gasteiger partial charge is 0.368 e. The molecule has 2 nitrogen and oxygen atoms in total. The van der Waals surface area contributed by atoms with Gasteiger partial charge in [0.2, 0.25) is 0 Å². The van der Waals surface area contributed by atoms with Crippen LogP contribution >= 0.6 is 0 Å². The average Bonchev–Trinajstić information content (AvgIpc) is 1.96. The molecule has 1 aliphatic rings. The van der Waals surface area contributed by atoms with Gasteiger partial charge in [-0.25, -0.2) is 0 Å². The third kappa shape index (κ3) is 1.74. The van der Waals surface area contributed by atoms with E-state index in [0.29, 0.717) is 6.04 Å². The second-order valence-corrected chi connectivity index (χ2v) is 3.39. The van der Waals surface area contributed by atoms with Crippen molar-refractivity contribution in [3.8, 4) is 0 Å². The van der Waals surface area contributed by atoms with Crippen molar-refractivity contribution in [2.75, 3.05) is 20.8 Å². The first-order valence-electron chi connectivity index (χ1n) is 4.26. The van der Waals surface area contributed by atoms with Gasteiger partial charge in [-0.05, 0) is 26.0 Å². The fraction of sp³-hybridized carbons (Fsp3) is 0.778. The molecular weight excluding hydrogens is 136 g/mol. The van der Waals surface area contributed by atoms with Crippen molar-refractivity contribution in [1.82, 2.24) is 9.80 Å². The van der Waals surface area contributed by atoms with Gasteiger partial charge >= 0.3 is 0 Å². The maximum Gasteiger partial charge on any atom is 0.0700 e. The van der Waals surface area contributed by atoms with Crippen LogP contribution < -0.4 is 0 Å². The normalized spacial score (nSPS) is 27.1. The summed E-state index contributed by atoms with van der Waals surface area (Å²) in [6, 6.07) is 0.621. The Hall–Kier alpha value is -0.500. The van der Waals surface area contributed by atoms with Crippen LogP contribution in [0.3, 0.4) is 0 Å². The molecule has 0 bridgehead atoms. The third-order valence-electron chi connectivity index (χ3n) is 2.44. The number of nitrogens with zero attached hydrogens (tertiary/aromatic N) is 2. The maximum atomic E-state index is 2.36. The van der Waals surface area contributed by atoms with Crippen molar-refractivity contribution in [3.63, 3.8) is 0 Å². The van der Waals surface area contributed by atoms with Crippen LogP contribution in [0, 0.1) is 0 Å². The van der Waals surface area contributed by atoms with Gasteiger partial charge in [0.05, 0.1) is 6.67 Å². The lowest BCUT2D eigenvalue weighted by Gasteiger charge is -2.36. The van der Waals surface area contributed by atoms with Crippen LogP contribution in [0.5, 0.6) is 0 Å². The Morgan fingerprint density at radius 2 is 2.18 bits per heavy atom. The van der Waals surface area contributed by atoms with Gasteiger partial charge in [0, 0.05) is 19.3 Å². The number of rotatable bonds is 1. The van der Waals surface area contributed by atoms with Crippen molar-refractivity contribution in [3.05, 3.63) is 11.8 Å². The molecule has 0 saturated carbocycles. The highest BCUT2D eigenvalue weighted by Gasteiger charge is 2.18. The number of hydrogen-bond donors (Lipinski definition) is 0. The van der Waals surface area contributed by atoms with Crippen LogP contribution in [0.25, 0.3) is 0 Å². The molecule has 0 amide bonds. The second-order valence-electron chi connectivity index (χ2n) is 3.39. The fourth-order valence-electron chi connectivity index (χ4n) is 1.58. The molecule has 0 aromatic heterocycles. The van der Waals surface area contributed by atoms with Gasteiger partial charge in [-0.1, -0.05) is 6.92 Å². The highest BCUT2D eigenvalue weighted by Crippen LogP contribution is 2.17. The Kier molecular flexibility index (Phi) is 2.55. The zero-order valence-electron chi connectivity index (χ0n) is 7.96. The smallest absolute Gasteiger partial charge is 0.0700 e. The molecular formula is C9H18N2. The van der Waals surface area contributed by atoms with Crippen LogP contribution in [0.1, 0.15) is 20.3 Å². The first-order valence-corrected chi connectivity index (χ1v) is 4.26. The Bertz CT molecular complexity index is 163. The monoisotopic (exact) mass is 154 g/mol. The minimum atomic E-state index is 0.621. The summed E-state index contributed by atoms with van der Waals surface area (Å²) in [6.45, 7) is 5.53. The molecule has 1 atom stereocenters. The van der Waals surface area contributed by atoms with Crippen molar-refractivity contribution >= 4 is 0 Å². The van der Waals surface area contributed by atoms with Gasteiger partial charge in [0.15, 0.2) is 0 Å². The minimum Gasteiger partial charge on any atom is -0.368 e. The molecule has 0 N–H and O–H groups in total. The zero-order chi connectivity index (χ0) is 8.43. The Labute approximate surface area is 69.5 Å². The van der Waals surface area contributed by atoms with E-state index in [1.165, 1.54) is 5.57 Å². The average molecular weight is 154 g/mol. The topological polar surface area (TPSA) is 6.48 Å². The summed E-state index contributed by atoms with van der Waals surface area (Å²) in [5.74, 6) is 0. The summed E-state index contributed by atoms with van der Waals surface area (Å²) in [5, 5.41) is 0. The minimum absolute atomic E-state index is 0.621. The van der Waals surface area contributed by atoms with E-state index < -0.39 is 0 Å². The van der Waals surface area contributed by atoms with Gasteiger partial charge in [-0.3, -0.25) is 4.90 Å². The quantitative estimate of drug-likeness (QED) is 0.565. The SMILES string of the molecule is CCC1=CN(C)CN(C)C1C. The molecule has 0 radical (unpaired) electrons. The fourth-order valence-corrected chi connectivity index (χ4v) is 1.58. The van der Waals surface area contributed by atoms with Gasteiger partial charge in [-0.2, -0.15) is 0 Å². The van der Waals surface area contributed by atoms with Crippen LogP contribution in [0.4, 0.5) is 0 Å². The molecule has 0 spiro atoms.